The maximum Gasteiger partial charge on any atom is 0.146 e. The van der Waals surface area contributed by atoms with Gasteiger partial charge >= 0.3 is 0 Å². The largest absolute Gasteiger partial charge is 0.388 e. The number of anilines is 2. The molecule has 4 atom stereocenters. The summed E-state index contributed by atoms with van der Waals surface area (Å²) in [6, 6.07) is 0.410. The summed E-state index contributed by atoms with van der Waals surface area (Å²) in [5, 5.41) is 32.5. The maximum absolute atomic E-state index is 11.0. The topological polar surface area (TPSA) is 206 Å². The second-order valence-electron chi connectivity index (χ2n) is 15.9. The molecule has 6 N–H and O–H groups in total. The highest BCUT2D eigenvalue weighted by Crippen LogP contribution is 2.53. The van der Waals surface area contributed by atoms with E-state index in [0.717, 1.165) is 106 Å². The lowest BCUT2D eigenvalue weighted by atomic mass is 9.94. The van der Waals surface area contributed by atoms with Gasteiger partial charge in [0.05, 0.1) is 34.1 Å². The van der Waals surface area contributed by atoms with Crippen LogP contribution in [0.15, 0.2) is 21.7 Å². The van der Waals surface area contributed by atoms with Gasteiger partial charge in [-0.15, -0.1) is 0 Å². The molecule has 53 heavy (non-hydrogen) atoms. The minimum atomic E-state index is -0.597. The van der Waals surface area contributed by atoms with E-state index in [9.17, 15) is 10.2 Å². The molecule has 14 heteroatoms. The van der Waals surface area contributed by atoms with Crippen molar-refractivity contribution in [1.29, 1.82) is 0 Å². The van der Waals surface area contributed by atoms with Crippen LogP contribution in [0.1, 0.15) is 145 Å². The third-order valence-corrected chi connectivity index (χ3v) is 11.4. The zero-order valence-corrected chi connectivity index (χ0v) is 30.5. The van der Waals surface area contributed by atoms with Gasteiger partial charge in [0.25, 0.3) is 0 Å². The van der Waals surface area contributed by atoms with Crippen molar-refractivity contribution in [3.8, 4) is 22.5 Å². The average molecular weight is 723 g/mol. The predicted octanol–water partition coefficient (Wildman–Crippen LogP) is 7.34. The van der Waals surface area contributed by atoms with Gasteiger partial charge in [-0.1, -0.05) is 31.6 Å². The van der Waals surface area contributed by atoms with Gasteiger partial charge in [-0.25, -0.2) is 19.9 Å². The molecule has 0 unspecified atom stereocenters. The van der Waals surface area contributed by atoms with Gasteiger partial charge in [0.15, 0.2) is 0 Å². The molecule has 6 aromatic heterocycles. The van der Waals surface area contributed by atoms with E-state index in [1.54, 1.807) is 0 Å². The van der Waals surface area contributed by atoms with Crippen LogP contribution < -0.4 is 11.5 Å². The van der Waals surface area contributed by atoms with Crippen LogP contribution >= 0.6 is 0 Å². The molecular weight excluding hydrogens is 672 g/mol. The molecular formula is C39H50N10O4. The fourth-order valence-electron chi connectivity index (χ4n) is 8.67. The van der Waals surface area contributed by atoms with Crippen molar-refractivity contribution in [3.05, 3.63) is 46.7 Å². The molecule has 10 rings (SSSR count). The number of nitrogen functional groups attached to an aromatic ring is 2. The summed E-state index contributed by atoms with van der Waals surface area (Å²) in [6.45, 7) is 12.7. The average Bonchev–Trinajstić information content (AvgIpc) is 4.00. The van der Waals surface area contributed by atoms with Crippen LogP contribution in [0.2, 0.25) is 0 Å². The van der Waals surface area contributed by atoms with E-state index in [-0.39, 0.29) is 31.3 Å². The first kappa shape index (κ1) is 35.2. The Balaban J connectivity index is 0.000000148. The molecule has 6 aromatic rings. The van der Waals surface area contributed by atoms with E-state index in [2.05, 4.69) is 80.9 Å². The zero-order valence-electron chi connectivity index (χ0n) is 30.5. The van der Waals surface area contributed by atoms with E-state index in [1.807, 2.05) is 0 Å². The third kappa shape index (κ3) is 5.27. The van der Waals surface area contributed by atoms with Gasteiger partial charge in [0, 0.05) is 46.4 Å². The van der Waals surface area contributed by atoms with Crippen LogP contribution in [-0.4, -0.2) is 49.6 Å². The quantitative estimate of drug-likeness (QED) is 0.141. The molecule has 0 saturated heterocycles. The molecule has 0 aromatic carbocycles. The summed E-state index contributed by atoms with van der Waals surface area (Å²) in [6.07, 6.45) is 7.64. The number of hydrogen-bond donors (Lipinski definition) is 4. The van der Waals surface area contributed by atoms with Crippen molar-refractivity contribution in [2.45, 2.75) is 124 Å². The number of nitrogens with two attached hydrogens (primary N) is 2. The Morgan fingerprint density at radius 2 is 1.04 bits per heavy atom. The first-order valence-electron chi connectivity index (χ1n) is 18.6. The number of aliphatic hydroxyl groups is 2. The smallest absolute Gasteiger partial charge is 0.146 e. The second-order valence-corrected chi connectivity index (χ2v) is 15.9. The van der Waals surface area contributed by atoms with E-state index in [0.29, 0.717) is 34.9 Å². The van der Waals surface area contributed by atoms with E-state index in [1.165, 1.54) is 12.7 Å². The minimum Gasteiger partial charge on any atom is -0.388 e. The molecule has 2 saturated carbocycles. The molecule has 14 nitrogen and oxygen atoms in total. The van der Waals surface area contributed by atoms with Crippen LogP contribution in [0.4, 0.5) is 11.6 Å². The minimum absolute atomic E-state index is 0. The number of aromatic nitrogens is 8. The molecule has 0 bridgehead atoms. The molecule has 0 radical (unpaired) electrons. The van der Waals surface area contributed by atoms with Gasteiger partial charge in [0.1, 0.15) is 58.5 Å². The van der Waals surface area contributed by atoms with E-state index >= 15 is 0 Å². The van der Waals surface area contributed by atoms with Crippen LogP contribution in [0, 0.1) is 11.8 Å². The van der Waals surface area contributed by atoms with Crippen molar-refractivity contribution < 1.29 is 19.3 Å². The number of nitrogens with zero attached hydrogens (tertiary/aromatic N) is 8. The number of hydrogen-bond acceptors (Lipinski definition) is 12. The van der Waals surface area contributed by atoms with Crippen molar-refractivity contribution >= 4 is 33.7 Å². The molecule has 4 aliphatic carbocycles. The highest BCUT2D eigenvalue weighted by molar-refractivity contribution is 6.03. The van der Waals surface area contributed by atoms with Crippen molar-refractivity contribution in [3.63, 3.8) is 0 Å². The van der Waals surface area contributed by atoms with Crippen LogP contribution in [-0.2, 0) is 12.8 Å². The Bertz CT molecular complexity index is 2190. The molecule has 4 aliphatic rings. The summed E-state index contributed by atoms with van der Waals surface area (Å²) in [7, 11) is 0. The summed E-state index contributed by atoms with van der Waals surface area (Å²) >= 11 is 0. The molecule has 0 amide bonds. The lowest BCUT2D eigenvalue weighted by Crippen LogP contribution is -2.14. The van der Waals surface area contributed by atoms with Crippen molar-refractivity contribution in [2.24, 2.45) is 11.8 Å². The molecule has 0 spiro atoms. The van der Waals surface area contributed by atoms with Crippen LogP contribution in [0.3, 0.4) is 0 Å². The molecule has 6 heterocycles. The monoisotopic (exact) mass is 722 g/mol. The number of rotatable bonds is 4. The van der Waals surface area contributed by atoms with Crippen molar-refractivity contribution in [1.82, 2.24) is 39.4 Å². The zero-order chi connectivity index (χ0) is 36.3. The highest BCUT2D eigenvalue weighted by Gasteiger charge is 2.43. The first-order chi connectivity index (χ1) is 25.0. The van der Waals surface area contributed by atoms with E-state index < -0.39 is 12.2 Å². The Kier molecular flexibility index (Phi) is 8.41. The summed E-state index contributed by atoms with van der Waals surface area (Å²) in [5.41, 5.74) is 21.3. The van der Waals surface area contributed by atoms with Gasteiger partial charge in [0.2, 0.25) is 0 Å². The van der Waals surface area contributed by atoms with Gasteiger partial charge < -0.3 is 39.9 Å². The third-order valence-electron chi connectivity index (χ3n) is 11.4. The number of fused-ring (bicyclic) bond motifs is 10. The molecule has 0 aliphatic heterocycles. The maximum atomic E-state index is 11.0. The van der Waals surface area contributed by atoms with Gasteiger partial charge in [-0.3, -0.25) is 0 Å². The summed E-state index contributed by atoms with van der Waals surface area (Å²) < 4.78 is 15.9. The predicted molar refractivity (Wildman–Crippen MR) is 202 cm³/mol. The number of aliphatic hydroxyl groups excluding tert-OH is 2. The SMILES string of the molecule is C.CC(C)n1c2c(c3c(N)ncnc31)-c1noc(C3CC3)c1[C@@H](O)[C@H](C)C2.CC(C)n1c2c(c3c(N)ncnc31)-c1noc(C3CC3)c1[C@@H](O)[C@H](C)C2. The molecule has 280 valence electrons. The van der Waals surface area contributed by atoms with E-state index in [4.69, 9.17) is 20.5 Å². The van der Waals surface area contributed by atoms with Gasteiger partial charge in [-0.2, -0.15) is 0 Å². The normalized spacial score (nSPS) is 22.1. The fraction of sp³-hybridized carbons (Fsp3) is 0.538. The Hall–Kier alpha value is -4.82. The lowest BCUT2D eigenvalue weighted by molar-refractivity contribution is 0.116. The Labute approximate surface area is 308 Å². The van der Waals surface area contributed by atoms with Gasteiger partial charge in [-0.05, 0) is 78.1 Å². The Morgan fingerprint density at radius 3 is 1.38 bits per heavy atom. The lowest BCUT2D eigenvalue weighted by Gasteiger charge is -2.19. The summed E-state index contributed by atoms with van der Waals surface area (Å²) in [5.74, 6) is 3.41. The molecule has 2 fully saturated rings. The Morgan fingerprint density at radius 1 is 0.660 bits per heavy atom. The second kappa shape index (κ2) is 12.7. The fourth-order valence-corrected chi connectivity index (χ4v) is 8.67. The van der Waals surface area contributed by atoms with Crippen LogP contribution in [0.25, 0.3) is 44.6 Å². The summed E-state index contributed by atoms with van der Waals surface area (Å²) in [4.78, 5) is 17.5. The van der Waals surface area contributed by atoms with Crippen LogP contribution in [0.5, 0.6) is 0 Å². The highest BCUT2D eigenvalue weighted by atomic mass is 16.5. The standard InChI is InChI=1S/2C19H23N5O2.CH4/c2*1-8(2)24-11-6-9(3)16(25)14-15(23-26-17(14)10-4-5-10)12(11)13-18(20)21-7-22-19(13)24;/h2*7-10,16,25H,4-6H2,1-3H3,(H2,20,21,22);1H4/t2*9-,16+;/m11./s1. The van der Waals surface area contributed by atoms with Crippen molar-refractivity contribution in [2.75, 3.05) is 11.5 Å². The first-order valence-corrected chi connectivity index (χ1v) is 18.6.